The van der Waals surface area contributed by atoms with Crippen molar-refractivity contribution in [1.82, 2.24) is 9.78 Å². The second-order valence-electron chi connectivity index (χ2n) is 6.78. The Kier molecular flexibility index (Phi) is 5.83. The first kappa shape index (κ1) is 20.7. The van der Waals surface area contributed by atoms with Crippen LogP contribution in [-0.2, 0) is 9.84 Å². The molecule has 0 saturated heterocycles. The molecule has 8 nitrogen and oxygen atoms in total. The number of nitrogens with two attached hydrogens (primary N) is 1. The highest BCUT2D eigenvalue weighted by Crippen LogP contribution is 2.34. The molecule has 29 heavy (non-hydrogen) atoms. The van der Waals surface area contributed by atoms with Gasteiger partial charge < -0.3 is 11.1 Å². The summed E-state index contributed by atoms with van der Waals surface area (Å²) < 4.78 is 49.9. The molecule has 1 aromatic heterocycles. The SMILES string of the molecule is N#C[C@H]1CCCC[C@@H]1n1cc(C(N)=O)c(Nc2ccc(S(=O)(=O)C(F)F)cc2)n1. The van der Waals surface area contributed by atoms with Crippen LogP contribution in [0.4, 0.5) is 20.3 Å². The minimum atomic E-state index is -4.69. The van der Waals surface area contributed by atoms with E-state index in [-0.39, 0.29) is 23.3 Å². The van der Waals surface area contributed by atoms with Crippen molar-refractivity contribution in [2.45, 2.75) is 42.4 Å². The van der Waals surface area contributed by atoms with Crippen molar-refractivity contribution in [3.8, 4) is 6.07 Å². The lowest BCUT2D eigenvalue weighted by atomic mass is 9.85. The summed E-state index contributed by atoms with van der Waals surface area (Å²) in [6.07, 6.45) is 4.88. The highest BCUT2D eigenvalue weighted by molar-refractivity contribution is 7.91. The molecule has 1 amide bonds. The first-order chi connectivity index (χ1) is 13.7. The standard InChI is InChI=1S/C18H19F2N5O3S/c19-18(20)29(27,28)13-7-5-12(6-8-13)23-17-14(16(22)26)10-25(24-17)15-4-2-1-3-11(15)9-21/h5-8,10-11,15,18H,1-4H2,(H2,22,26)(H,23,24)/t11-,15+/m1/s1. The number of carbonyl (C=O) groups excluding carboxylic acids is 1. The number of halogens is 2. The highest BCUT2D eigenvalue weighted by atomic mass is 32.2. The maximum Gasteiger partial charge on any atom is 0.341 e. The number of alkyl halides is 2. The molecule has 0 unspecified atom stereocenters. The Labute approximate surface area is 166 Å². The number of nitriles is 1. The Morgan fingerprint density at radius 2 is 1.93 bits per heavy atom. The minimum Gasteiger partial charge on any atom is -0.365 e. The lowest BCUT2D eigenvalue weighted by molar-refractivity contribution is 0.100. The topological polar surface area (TPSA) is 131 Å². The third-order valence-electron chi connectivity index (χ3n) is 4.91. The van der Waals surface area contributed by atoms with E-state index in [0.29, 0.717) is 5.69 Å². The molecule has 2 aromatic rings. The molecule has 1 aliphatic rings. The van der Waals surface area contributed by atoms with Crippen LogP contribution in [0.25, 0.3) is 0 Å². The number of primary amides is 1. The number of rotatable bonds is 6. The van der Waals surface area contributed by atoms with Gasteiger partial charge in [0.1, 0.15) is 5.56 Å². The smallest absolute Gasteiger partial charge is 0.341 e. The zero-order chi connectivity index (χ0) is 21.2. The molecule has 0 bridgehead atoms. The van der Waals surface area contributed by atoms with Crippen LogP contribution in [0.2, 0.25) is 0 Å². The van der Waals surface area contributed by atoms with Crippen molar-refractivity contribution in [3.05, 3.63) is 36.0 Å². The largest absolute Gasteiger partial charge is 0.365 e. The van der Waals surface area contributed by atoms with Crippen LogP contribution in [0.1, 0.15) is 42.1 Å². The van der Waals surface area contributed by atoms with Gasteiger partial charge in [0.25, 0.3) is 5.91 Å². The number of hydrogen-bond donors (Lipinski definition) is 2. The molecule has 154 valence electrons. The van der Waals surface area contributed by atoms with E-state index >= 15 is 0 Å². The van der Waals surface area contributed by atoms with Crippen LogP contribution in [-0.4, -0.2) is 29.9 Å². The summed E-state index contributed by atoms with van der Waals surface area (Å²) in [4.78, 5) is 11.3. The fourth-order valence-electron chi connectivity index (χ4n) is 3.38. The van der Waals surface area contributed by atoms with Gasteiger partial charge in [0.15, 0.2) is 5.82 Å². The van der Waals surface area contributed by atoms with Gasteiger partial charge >= 0.3 is 5.76 Å². The highest BCUT2D eigenvalue weighted by Gasteiger charge is 2.29. The first-order valence-electron chi connectivity index (χ1n) is 8.91. The van der Waals surface area contributed by atoms with Crippen LogP contribution in [0.15, 0.2) is 35.4 Å². The molecular formula is C18H19F2N5O3S. The van der Waals surface area contributed by atoms with Crippen molar-refractivity contribution in [2.24, 2.45) is 11.7 Å². The number of nitrogens with one attached hydrogen (secondary N) is 1. The van der Waals surface area contributed by atoms with Crippen molar-refractivity contribution < 1.29 is 22.0 Å². The van der Waals surface area contributed by atoms with Gasteiger partial charge in [0, 0.05) is 11.9 Å². The summed E-state index contributed by atoms with van der Waals surface area (Å²) in [5.41, 5.74) is 5.88. The molecule has 0 spiro atoms. The Balaban J connectivity index is 1.88. The molecule has 1 heterocycles. The van der Waals surface area contributed by atoms with Crippen molar-refractivity contribution in [1.29, 1.82) is 5.26 Å². The summed E-state index contributed by atoms with van der Waals surface area (Å²) >= 11 is 0. The van der Waals surface area contributed by atoms with Gasteiger partial charge in [-0.2, -0.15) is 19.1 Å². The number of aromatic nitrogens is 2. The Hall–Kier alpha value is -3.00. The minimum absolute atomic E-state index is 0.108. The molecule has 3 N–H and O–H groups in total. The Bertz CT molecular complexity index is 1040. The van der Waals surface area contributed by atoms with E-state index in [0.717, 1.165) is 37.8 Å². The van der Waals surface area contributed by atoms with Gasteiger partial charge in [-0.15, -0.1) is 0 Å². The Morgan fingerprint density at radius 3 is 2.52 bits per heavy atom. The number of benzene rings is 1. The van der Waals surface area contributed by atoms with E-state index < -0.39 is 26.4 Å². The van der Waals surface area contributed by atoms with Crippen molar-refractivity contribution in [3.63, 3.8) is 0 Å². The molecule has 2 atom stereocenters. The number of hydrogen-bond acceptors (Lipinski definition) is 6. The number of amides is 1. The summed E-state index contributed by atoms with van der Waals surface area (Å²) in [6, 6.07) is 6.75. The predicted octanol–water partition coefficient (Wildman–Crippen LogP) is 2.98. The summed E-state index contributed by atoms with van der Waals surface area (Å²) in [5, 5.41) is 16.6. The normalized spacial score (nSPS) is 19.7. The lowest BCUT2D eigenvalue weighted by Gasteiger charge is -2.26. The first-order valence-corrected chi connectivity index (χ1v) is 10.5. The molecule has 0 radical (unpaired) electrons. The van der Waals surface area contributed by atoms with E-state index in [2.05, 4.69) is 16.5 Å². The molecule has 1 saturated carbocycles. The van der Waals surface area contributed by atoms with Gasteiger partial charge in [-0.05, 0) is 37.1 Å². The fraction of sp³-hybridized carbons (Fsp3) is 0.389. The maximum atomic E-state index is 12.6. The number of sulfone groups is 1. The van der Waals surface area contributed by atoms with Crippen LogP contribution in [0.3, 0.4) is 0 Å². The van der Waals surface area contributed by atoms with Gasteiger partial charge in [0.05, 0.1) is 22.9 Å². The number of carbonyl (C=O) groups is 1. The summed E-state index contributed by atoms with van der Waals surface area (Å²) in [6.45, 7) is 0. The van der Waals surface area contributed by atoms with Crippen molar-refractivity contribution in [2.75, 3.05) is 5.32 Å². The zero-order valence-corrected chi connectivity index (χ0v) is 16.1. The predicted molar refractivity (Wildman–Crippen MR) is 100 cm³/mol. The average molecular weight is 423 g/mol. The van der Waals surface area contributed by atoms with Crippen LogP contribution in [0.5, 0.6) is 0 Å². The third-order valence-corrected chi connectivity index (χ3v) is 6.31. The molecule has 1 aliphatic carbocycles. The second-order valence-corrected chi connectivity index (χ2v) is 8.70. The number of anilines is 2. The van der Waals surface area contributed by atoms with Crippen LogP contribution < -0.4 is 11.1 Å². The van der Waals surface area contributed by atoms with Gasteiger partial charge in [-0.25, -0.2) is 8.42 Å². The van der Waals surface area contributed by atoms with E-state index in [1.807, 2.05) is 0 Å². The maximum absolute atomic E-state index is 12.6. The molecule has 3 rings (SSSR count). The summed E-state index contributed by atoms with van der Waals surface area (Å²) in [5.74, 6) is -4.32. The van der Waals surface area contributed by atoms with Crippen LogP contribution in [0, 0.1) is 17.2 Å². The second kappa shape index (κ2) is 8.16. The van der Waals surface area contributed by atoms with E-state index in [9.17, 15) is 27.3 Å². The molecule has 1 fully saturated rings. The Morgan fingerprint density at radius 1 is 1.28 bits per heavy atom. The van der Waals surface area contributed by atoms with Gasteiger partial charge in [-0.1, -0.05) is 12.8 Å². The lowest BCUT2D eigenvalue weighted by Crippen LogP contribution is -2.22. The number of nitrogens with zero attached hydrogens (tertiary/aromatic N) is 3. The van der Waals surface area contributed by atoms with Gasteiger partial charge in [-0.3, -0.25) is 9.48 Å². The van der Waals surface area contributed by atoms with Crippen LogP contribution >= 0.6 is 0 Å². The van der Waals surface area contributed by atoms with Crippen molar-refractivity contribution >= 4 is 27.2 Å². The monoisotopic (exact) mass is 423 g/mol. The fourth-order valence-corrected chi connectivity index (χ4v) is 4.10. The van der Waals surface area contributed by atoms with E-state index in [1.165, 1.54) is 18.3 Å². The van der Waals surface area contributed by atoms with E-state index in [4.69, 9.17) is 5.73 Å². The average Bonchev–Trinajstić information content (AvgIpc) is 3.12. The molecule has 11 heteroatoms. The molecule has 0 aliphatic heterocycles. The van der Waals surface area contributed by atoms with Gasteiger partial charge in [0.2, 0.25) is 9.84 Å². The molecular weight excluding hydrogens is 404 g/mol. The molecule has 1 aromatic carbocycles. The summed E-state index contributed by atoms with van der Waals surface area (Å²) in [7, 11) is -4.69. The zero-order valence-electron chi connectivity index (χ0n) is 15.3. The quantitative estimate of drug-likeness (QED) is 0.734. The van der Waals surface area contributed by atoms with E-state index in [1.54, 1.807) is 4.68 Å². The third kappa shape index (κ3) is 4.22.